The molecule has 0 aliphatic carbocycles. The lowest BCUT2D eigenvalue weighted by Crippen LogP contribution is -2.23. The predicted octanol–water partition coefficient (Wildman–Crippen LogP) is 2.27. The summed E-state index contributed by atoms with van der Waals surface area (Å²) in [4.78, 5) is 11.6. The molecular weight excluding hydrogens is 260 g/mol. The van der Waals surface area contributed by atoms with Crippen LogP contribution in [0.3, 0.4) is 0 Å². The normalized spacial score (nSPS) is 9.10. The van der Waals surface area contributed by atoms with Gasteiger partial charge in [-0.05, 0) is 30.2 Å². The van der Waals surface area contributed by atoms with Crippen molar-refractivity contribution in [2.45, 2.75) is 6.42 Å². The number of nitrogens with one attached hydrogen (secondary N) is 1. The van der Waals surface area contributed by atoms with E-state index in [1.807, 2.05) is 36.4 Å². The van der Waals surface area contributed by atoms with Gasteiger partial charge in [-0.1, -0.05) is 42.3 Å². The van der Waals surface area contributed by atoms with Gasteiger partial charge >= 0.3 is 0 Å². The van der Waals surface area contributed by atoms with E-state index in [4.69, 9.17) is 5.26 Å². The fraction of sp³-hybridized carbons (Fsp3) is 0.111. The zero-order valence-corrected chi connectivity index (χ0v) is 11.5. The van der Waals surface area contributed by atoms with Gasteiger partial charge in [0.05, 0.1) is 11.6 Å². The summed E-state index contributed by atoms with van der Waals surface area (Å²) in [6.45, 7) is 0.551. The third kappa shape index (κ3) is 4.86. The molecule has 2 aromatic rings. The van der Waals surface area contributed by atoms with Crippen LogP contribution in [0.4, 0.5) is 0 Å². The molecule has 3 heteroatoms. The maximum atomic E-state index is 11.6. The van der Waals surface area contributed by atoms with Crippen molar-refractivity contribution in [2.75, 3.05) is 6.54 Å². The Hall–Kier alpha value is -3.04. The zero-order chi connectivity index (χ0) is 14.9. The number of rotatable bonds is 3. The van der Waals surface area contributed by atoms with Gasteiger partial charge in [-0.2, -0.15) is 5.26 Å². The molecule has 0 bridgehead atoms. The summed E-state index contributed by atoms with van der Waals surface area (Å²) in [6, 6.07) is 18.9. The number of carbonyl (C=O) groups is 1. The van der Waals surface area contributed by atoms with Crippen molar-refractivity contribution in [3.8, 4) is 17.9 Å². The smallest absolute Gasteiger partial charge is 0.296 e. The Morgan fingerprint density at radius 3 is 2.57 bits per heavy atom. The molecule has 0 radical (unpaired) electrons. The average Bonchev–Trinajstić information content (AvgIpc) is 2.54. The van der Waals surface area contributed by atoms with Crippen molar-refractivity contribution in [1.29, 1.82) is 5.26 Å². The lowest BCUT2D eigenvalue weighted by atomic mass is 10.1. The second-order valence-electron chi connectivity index (χ2n) is 4.43. The molecule has 102 valence electrons. The number of hydrogen-bond donors (Lipinski definition) is 1. The summed E-state index contributed by atoms with van der Waals surface area (Å²) in [5, 5.41) is 11.5. The van der Waals surface area contributed by atoms with Gasteiger partial charge in [0.15, 0.2) is 0 Å². The summed E-state index contributed by atoms with van der Waals surface area (Å²) in [5.74, 6) is 4.97. The Balaban J connectivity index is 1.85. The van der Waals surface area contributed by atoms with Crippen molar-refractivity contribution in [3.05, 3.63) is 71.3 Å². The number of amides is 1. The van der Waals surface area contributed by atoms with Gasteiger partial charge < -0.3 is 5.32 Å². The minimum Gasteiger partial charge on any atom is -0.345 e. The first-order valence-corrected chi connectivity index (χ1v) is 6.62. The topological polar surface area (TPSA) is 52.9 Å². The molecule has 0 spiro atoms. The summed E-state index contributed by atoms with van der Waals surface area (Å²) < 4.78 is 0. The van der Waals surface area contributed by atoms with E-state index < -0.39 is 0 Å². The van der Waals surface area contributed by atoms with Crippen LogP contribution >= 0.6 is 0 Å². The SMILES string of the molecule is N#Cc1cccc(C#CC(=O)NCCc2ccccc2)c1. The predicted molar refractivity (Wildman–Crippen MR) is 81.2 cm³/mol. The number of nitrogens with zero attached hydrogens (tertiary/aromatic N) is 1. The van der Waals surface area contributed by atoms with E-state index >= 15 is 0 Å². The standard InChI is InChI=1S/C18H14N2O/c19-14-17-8-4-7-16(13-17)9-10-18(21)20-12-11-15-5-2-1-3-6-15/h1-8,13H,11-12H2,(H,20,21). The molecule has 1 N–H and O–H groups in total. The molecule has 1 amide bonds. The van der Waals surface area contributed by atoms with Crippen molar-refractivity contribution in [1.82, 2.24) is 5.32 Å². The van der Waals surface area contributed by atoms with Gasteiger partial charge in [0, 0.05) is 18.0 Å². The lowest BCUT2D eigenvalue weighted by molar-refractivity contribution is -0.115. The molecule has 3 nitrogen and oxygen atoms in total. The van der Waals surface area contributed by atoms with E-state index in [2.05, 4.69) is 17.2 Å². The highest BCUT2D eigenvalue weighted by atomic mass is 16.1. The first-order chi connectivity index (χ1) is 10.3. The molecule has 21 heavy (non-hydrogen) atoms. The molecule has 0 fully saturated rings. The highest BCUT2D eigenvalue weighted by molar-refractivity contribution is 5.94. The van der Waals surface area contributed by atoms with Crippen LogP contribution in [0.2, 0.25) is 0 Å². The largest absolute Gasteiger partial charge is 0.345 e. The van der Waals surface area contributed by atoms with Crippen LogP contribution in [0, 0.1) is 23.2 Å². The van der Waals surface area contributed by atoms with Gasteiger partial charge in [0.1, 0.15) is 0 Å². The summed E-state index contributed by atoms with van der Waals surface area (Å²) in [6.07, 6.45) is 0.776. The van der Waals surface area contributed by atoms with E-state index in [0.717, 1.165) is 6.42 Å². The first kappa shape index (κ1) is 14.4. The molecular formula is C18H14N2O. The molecule has 0 atom stereocenters. The van der Waals surface area contributed by atoms with Crippen LogP contribution in [-0.2, 0) is 11.2 Å². The molecule has 2 aromatic carbocycles. The van der Waals surface area contributed by atoms with Gasteiger partial charge in [-0.3, -0.25) is 4.79 Å². The van der Waals surface area contributed by atoms with Crippen LogP contribution in [0.1, 0.15) is 16.7 Å². The van der Waals surface area contributed by atoms with Gasteiger partial charge in [-0.25, -0.2) is 0 Å². The molecule has 0 aromatic heterocycles. The second kappa shape index (κ2) is 7.53. The molecule has 0 heterocycles. The van der Waals surface area contributed by atoms with Crippen LogP contribution in [0.5, 0.6) is 0 Å². The minimum atomic E-state index is -0.312. The monoisotopic (exact) mass is 274 g/mol. The minimum absolute atomic E-state index is 0.312. The Labute approximate surface area is 124 Å². The zero-order valence-electron chi connectivity index (χ0n) is 11.5. The molecule has 0 unspecified atom stereocenters. The van der Waals surface area contributed by atoms with Crippen LogP contribution in [0.25, 0.3) is 0 Å². The number of hydrogen-bond acceptors (Lipinski definition) is 2. The van der Waals surface area contributed by atoms with E-state index in [1.54, 1.807) is 24.3 Å². The maximum Gasteiger partial charge on any atom is 0.296 e. The first-order valence-electron chi connectivity index (χ1n) is 6.62. The third-order valence-corrected chi connectivity index (χ3v) is 2.85. The van der Waals surface area contributed by atoms with E-state index in [9.17, 15) is 4.79 Å². The van der Waals surface area contributed by atoms with E-state index in [0.29, 0.717) is 17.7 Å². The van der Waals surface area contributed by atoms with Crippen molar-refractivity contribution in [2.24, 2.45) is 0 Å². The lowest BCUT2D eigenvalue weighted by Gasteiger charge is -2.01. The fourth-order valence-electron chi connectivity index (χ4n) is 1.80. The number of nitriles is 1. The van der Waals surface area contributed by atoms with E-state index in [1.165, 1.54) is 5.56 Å². The summed E-state index contributed by atoms with van der Waals surface area (Å²) in [7, 11) is 0. The Bertz CT molecular complexity index is 718. The van der Waals surface area contributed by atoms with Crippen LogP contribution < -0.4 is 5.32 Å². The van der Waals surface area contributed by atoms with E-state index in [-0.39, 0.29) is 5.91 Å². The van der Waals surface area contributed by atoms with Gasteiger partial charge in [0.25, 0.3) is 5.91 Å². The second-order valence-corrected chi connectivity index (χ2v) is 4.43. The Kier molecular flexibility index (Phi) is 5.15. The fourth-order valence-corrected chi connectivity index (χ4v) is 1.80. The van der Waals surface area contributed by atoms with Crippen molar-refractivity contribution < 1.29 is 4.79 Å². The molecule has 2 rings (SSSR count). The Morgan fingerprint density at radius 2 is 1.81 bits per heavy atom. The molecule has 0 aliphatic heterocycles. The highest BCUT2D eigenvalue weighted by Crippen LogP contribution is 2.02. The maximum absolute atomic E-state index is 11.6. The van der Waals surface area contributed by atoms with Gasteiger partial charge in [-0.15, -0.1) is 0 Å². The van der Waals surface area contributed by atoms with Crippen LogP contribution in [0.15, 0.2) is 54.6 Å². The summed E-state index contributed by atoms with van der Waals surface area (Å²) in [5.41, 5.74) is 2.37. The van der Waals surface area contributed by atoms with Crippen molar-refractivity contribution in [3.63, 3.8) is 0 Å². The third-order valence-electron chi connectivity index (χ3n) is 2.85. The van der Waals surface area contributed by atoms with Crippen molar-refractivity contribution >= 4 is 5.91 Å². The number of benzene rings is 2. The Morgan fingerprint density at radius 1 is 1.05 bits per heavy atom. The molecule has 0 aliphatic rings. The van der Waals surface area contributed by atoms with Gasteiger partial charge in [0.2, 0.25) is 0 Å². The van der Waals surface area contributed by atoms with Crippen LogP contribution in [-0.4, -0.2) is 12.5 Å². The quantitative estimate of drug-likeness (QED) is 0.873. The molecule has 0 saturated heterocycles. The molecule has 0 saturated carbocycles. The highest BCUT2D eigenvalue weighted by Gasteiger charge is 1.96. The summed E-state index contributed by atoms with van der Waals surface area (Å²) >= 11 is 0. The number of carbonyl (C=O) groups excluding carboxylic acids is 1. The average molecular weight is 274 g/mol.